The monoisotopic (exact) mass is 239 g/mol. The van der Waals surface area contributed by atoms with E-state index in [9.17, 15) is 0 Å². The number of nitrogens with one attached hydrogen (secondary N) is 1. The summed E-state index contributed by atoms with van der Waals surface area (Å²) in [5.41, 5.74) is 6.31. The summed E-state index contributed by atoms with van der Waals surface area (Å²) in [6.45, 7) is 7.89. The second-order valence-electron chi connectivity index (χ2n) is 4.82. The first-order chi connectivity index (χ1) is 8.22. The van der Waals surface area contributed by atoms with Gasteiger partial charge in [0.25, 0.3) is 0 Å². The van der Waals surface area contributed by atoms with E-state index >= 15 is 0 Å². The predicted molar refractivity (Wildman–Crippen MR) is 69.5 cm³/mol. The number of nitrogens with two attached hydrogens (primary N) is 1. The van der Waals surface area contributed by atoms with Crippen molar-refractivity contribution in [3.63, 3.8) is 0 Å². The lowest BCUT2D eigenvalue weighted by atomic mass is 10.1. The molecule has 1 aromatic rings. The molecule has 0 aliphatic rings. The normalized spacial score (nSPS) is 11.3. The van der Waals surface area contributed by atoms with E-state index in [1.165, 1.54) is 19.3 Å². The Hall–Kier alpha value is -0.940. The Morgan fingerprint density at radius 2 is 2.18 bits per heavy atom. The lowest BCUT2D eigenvalue weighted by Gasteiger charge is -2.06. The summed E-state index contributed by atoms with van der Waals surface area (Å²) in [5, 5.41) is 11.3. The molecule has 0 unspecified atom stereocenters. The van der Waals surface area contributed by atoms with Crippen LogP contribution in [0.4, 0.5) is 0 Å². The molecule has 0 fully saturated rings. The van der Waals surface area contributed by atoms with Gasteiger partial charge in [-0.2, -0.15) is 0 Å². The molecular weight excluding hydrogens is 214 g/mol. The van der Waals surface area contributed by atoms with E-state index in [1.54, 1.807) is 0 Å². The molecular formula is C12H25N5. The molecule has 1 rings (SSSR count). The highest BCUT2D eigenvalue weighted by atomic mass is 15.4. The number of hydrogen-bond acceptors (Lipinski definition) is 4. The summed E-state index contributed by atoms with van der Waals surface area (Å²) in [4.78, 5) is 0. The summed E-state index contributed by atoms with van der Waals surface area (Å²) in [5.74, 6) is 0.819. The third-order valence-electron chi connectivity index (χ3n) is 2.70. The van der Waals surface area contributed by atoms with Crippen LogP contribution in [-0.4, -0.2) is 28.1 Å². The Labute approximate surface area is 104 Å². The zero-order valence-corrected chi connectivity index (χ0v) is 11.0. The third-order valence-corrected chi connectivity index (χ3v) is 2.70. The first-order valence-corrected chi connectivity index (χ1v) is 6.52. The summed E-state index contributed by atoms with van der Waals surface area (Å²) in [6, 6.07) is 0. The molecule has 0 aliphatic carbocycles. The smallest absolute Gasteiger partial charge is 0.0962 e. The molecule has 5 nitrogen and oxygen atoms in total. The maximum atomic E-state index is 5.47. The molecule has 1 heterocycles. The Bertz CT molecular complexity index is 295. The van der Waals surface area contributed by atoms with Crippen LogP contribution in [0.25, 0.3) is 0 Å². The Balaban J connectivity index is 1.97. The van der Waals surface area contributed by atoms with Crippen LogP contribution >= 0.6 is 0 Å². The highest BCUT2D eigenvalue weighted by Gasteiger charge is 1.98. The van der Waals surface area contributed by atoms with Gasteiger partial charge in [-0.25, -0.2) is 0 Å². The first kappa shape index (κ1) is 14.1. The molecule has 17 heavy (non-hydrogen) atoms. The average molecular weight is 239 g/mol. The number of aromatic nitrogens is 3. The standard InChI is InChI=1S/C12H25N5/c1-11(2)5-3-4-6-14-7-8-17-10-12(9-13)15-16-17/h10-11,14H,3-9,13H2,1-2H3. The quantitative estimate of drug-likeness (QED) is 0.634. The number of rotatable bonds is 9. The summed E-state index contributed by atoms with van der Waals surface area (Å²) in [6.07, 6.45) is 5.79. The van der Waals surface area contributed by atoms with E-state index in [0.717, 1.165) is 31.2 Å². The van der Waals surface area contributed by atoms with Gasteiger partial charge in [-0.1, -0.05) is 31.9 Å². The second kappa shape index (κ2) is 8.20. The van der Waals surface area contributed by atoms with Gasteiger partial charge in [0.05, 0.1) is 12.2 Å². The van der Waals surface area contributed by atoms with Crippen LogP contribution in [0.15, 0.2) is 6.20 Å². The molecule has 0 aromatic carbocycles. The van der Waals surface area contributed by atoms with E-state index in [-0.39, 0.29) is 0 Å². The van der Waals surface area contributed by atoms with Crippen molar-refractivity contribution in [2.75, 3.05) is 13.1 Å². The van der Waals surface area contributed by atoms with Gasteiger partial charge in [0.1, 0.15) is 0 Å². The van der Waals surface area contributed by atoms with Crippen molar-refractivity contribution in [3.8, 4) is 0 Å². The minimum absolute atomic E-state index is 0.461. The van der Waals surface area contributed by atoms with Crippen LogP contribution in [0.5, 0.6) is 0 Å². The number of nitrogens with zero attached hydrogens (tertiary/aromatic N) is 3. The molecule has 3 N–H and O–H groups in total. The molecule has 5 heteroatoms. The van der Waals surface area contributed by atoms with Crippen LogP contribution < -0.4 is 11.1 Å². The largest absolute Gasteiger partial charge is 0.325 e. The molecule has 0 amide bonds. The fourth-order valence-electron chi connectivity index (χ4n) is 1.66. The van der Waals surface area contributed by atoms with Gasteiger partial charge in [0.15, 0.2) is 0 Å². The fourth-order valence-corrected chi connectivity index (χ4v) is 1.66. The SMILES string of the molecule is CC(C)CCCCNCCn1cc(CN)nn1. The molecule has 0 bridgehead atoms. The fraction of sp³-hybridized carbons (Fsp3) is 0.833. The summed E-state index contributed by atoms with van der Waals surface area (Å²) < 4.78 is 1.84. The Kier molecular flexibility index (Phi) is 6.81. The van der Waals surface area contributed by atoms with Crippen molar-refractivity contribution in [1.29, 1.82) is 0 Å². The molecule has 0 spiro atoms. The molecule has 0 radical (unpaired) electrons. The molecule has 0 aliphatic heterocycles. The van der Waals surface area contributed by atoms with Crippen LogP contribution in [0.1, 0.15) is 38.8 Å². The van der Waals surface area contributed by atoms with Crippen molar-refractivity contribution >= 4 is 0 Å². The minimum atomic E-state index is 0.461. The lowest BCUT2D eigenvalue weighted by molar-refractivity contribution is 0.500. The van der Waals surface area contributed by atoms with Gasteiger partial charge in [-0.3, -0.25) is 4.68 Å². The lowest BCUT2D eigenvalue weighted by Crippen LogP contribution is -2.21. The highest BCUT2D eigenvalue weighted by Crippen LogP contribution is 2.04. The van der Waals surface area contributed by atoms with E-state index in [4.69, 9.17) is 5.73 Å². The second-order valence-corrected chi connectivity index (χ2v) is 4.82. The molecule has 1 aromatic heterocycles. The van der Waals surface area contributed by atoms with Crippen molar-refractivity contribution < 1.29 is 0 Å². The topological polar surface area (TPSA) is 68.8 Å². The van der Waals surface area contributed by atoms with Gasteiger partial charge in [0, 0.05) is 19.3 Å². The maximum Gasteiger partial charge on any atom is 0.0962 e. The van der Waals surface area contributed by atoms with Crippen molar-refractivity contribution in [3.05, 3.63) is 11.9 Å². The molecule has 0 atom stereocenters. The minimum Gasteiger partial charge on any atom is -0.325 e. The van der Waals surface area contributed by atoms with Gasteiger partial charge in [-0.15, -0.1) is 5.10 Å². The molecule has 98 valence electrons. The maximum absolute atomic E-state index is 5.47. The van der Waals surface area contributed by atoms with Crippen molar-refractivity contribution in [2.45, 2.75) is 46.2 Å². The van der Waals surface area contributed by atoms with Crippen LogP contribution in [0.2, 0.25) is 0 Å². The number of hydrogen-bond donors (Lipinski definition) is 2. The predicted octanol–water partition coefficient (Wildman–Crippen LogP) is 1.15. The third kappa shape index (κ3) is 6.38. The van der Waals surface area contributed by atoms with E-state index < -0.39 is 0 Å². The van der Waals surface area contributed by atoms with E-state index in [2.05, 4.69) is 29.5 Å². The summed E-state index contributed by atoms with van der Waals surface area (Å²) >= 11 is 0. The van der Waals surface area contributed by atoms with Crippen molar-refractivity contribution in [1.82, 2.24) is 20.3 Å². The van der Waals surface area contributed by atoms with Crippen LogP contribution in [-0.2, 0) is 13.1 Å². The zero-order chi connectivity index (χ0) is 12.5. The molecule has 0 saturated carbocycles. The first-order valence-electron chi connectivity index (χ1n) is 6.52. The highest BCUT2D eigenvalue weighted by molar-refractivity contribution is 4.90. The zero-order valence-electron chi connectivity index (χ0n) is 11.0. The Morgan fingerprint density at radius 1 is 1.35 bits per heavy atom. The van der Waals surface area contributed by atoms with Gasteiger partial charge in [0.2, 0.25) is 0 Å². The van der Waals surface area contributed by atoms with E-state index in [0.29, 0.717) is 6.54 Å². The van der Waals surface area contributed by atoms with Gasteiger partial charge < -0.3 is 11.1 Å². The van der Waals surface area contributed by atoms with Crippen LogP contribution in [0, 0.1) is 5.92 Å². The van der Waals surface area contributed by atoms with Crippen molar-refractivity contribution in [2.24, 2.45) is 11.7 Å². The average Bonchev–Trinajstić information content (AvgIpc) is 2.75. The summed E-state index contributed by atoms with van der Waals surface area (Å²) in [7, 11) is 0. The van der Waals surface area contributed by atoms with E-state index in [1.807, 2.05) is 10.9 Å². The van der Waals surface area contributed by atoms with Gasteiger partial charge >= 0.3 is 0 Å². The van der Waals surface area contributed by atoms with Gasteiger partial charge in [-0.05, 0) is 18.9 Å². The number of unbranched alkanes of at least 4 members (excludes halogenated alkanes) is 1. The van der Waals surface area contributed by atoms with Crippen LogP contribution in [0.3, 0.4) is 0 Å². The Morgan fingerprint density at radius 3 is 2.82 bits per heavy atom. The molecule has 0 saturated heterocycles.